The second kappa shape index (κ2) is 4.97. The van der Waals surface area contributed by atoms with Gasteiger partial charge in [0.25, 0.3) is 0 Å². The molecule has 0 aromatic heterocycles. The summed E-state index contributed by atoms with van der Waals surface area (Å²) in [6.07, 6.45) is -2.59. The molecule has 0 spiro atoms. The lowest BCUT2D eigenvalue weighted by Crippen LogP contribution is -2.40. The van der Waals surface area contributed by atoms with E-state index in [9.17, 15) is 13.2 Å². The highest BCUT2D eigenvalue weighted by atomic mass is 35.5. The normalized spacial score (nSPS) is 23.6. The molecule has 0 saturated heterocycles. The Kier molecular flexibility index (Phi) is 3.73. The van der Waals surface area contributed by atoms with E-state index in [4.69, 9.17) is 16.3 Å². The first-order valence-electron chi connectivity index (χ1n) is 5.55. The van der Waals surface area contributed by atoms with Crippen LogP contribution in [-0.4, -0.2) is 19.3 Å². The number of nitrogens with one attached hydrogen (secondary N) is 1. The third kappa shape index (κ3) is 3.09. The van der Waals surface area contributed by atoms with Crippen LogP contribution in [0.4, 0.5) is 18.9 Å². The molecule has 0 radical (unpaired) electrons. The zero-order valence-electron chi connectivity index (χ0n) is 9.72. The number of hydrogen-bond acceptors (Lipinski definition) is 2. The molecule has 0 aliphatic heterocycles. The molecule has 6 heteroatoms. The number of methoxy groups -OCH3 is 1. The van der Waals surface area contributed by atoms with Crippen LogP contribution in [0.25, 0.3) is 0 Å². The highest BCUT2D eigenvalue weighted by Crippen LogP contribution is 2.34. The van der Waals surface area contributed by atoms with Gasteiger partial charge in [-0.25, -0.2) is 0 Å². The van der Waals surface area contributed by atoms with Crippen LogP contribution in [0, 0.1) is 0 Å². The molecule has 0 heterocycles. The fraction of sp³-hybridized carbons (Fsp3) is 0.500. The summed E-state index contributed by atoms with van der Waals surface area (Å²) in [7, 11) is 1.63. The molecule has 1 aliphatic rings. The van der Waals surface area contributed by atoms with E-state index < -0.39 is 11.7 Å². The van der Waals surface area contributed by atoms with Gasteiger partial charge in [-0.2, -0.15) is 13.2 Å². The van der Waals surface area contributed by atoms with Gasteiger partial charge >= 0.3 is 6.18 Å². The van der Waals surface area contributed by atoms with E-state index in [0.717, 1.165) is 25.0 Å². The summed E-state index contributed by atoms with van der Waals surface area (Å²) in [6.45, 7) is 0. The lowest BCUT2D eigenvalue weighted by atomic mass is 9.89. The summed E-state index contributed by atoms with van der Waals surface area (Å²) in [5.41, 5.74) is -0.338. The van der Waals surface area contributed by atoms with Gasteiger partial charge in [0.2, 0.25) is 0 Å². The van der Waals surface area contributed by atoms with Gasteiger partial charge in [0.05, 0.1) is 11.7 Å². The predicted octanol–water partition coefficient (Wildman–Crippen LogP) is 3.95. The summed E-state index contributed by atoms with van der Waals surface area (Å²) in [5, 5.41) is 3.11. The largest absolute Gasteiger partial charge is 0.416 e. The second-order valence-electron chi connectivity index (χ2n) is 4.40. The van der Waals surface area contributed by atoms with E-state index in [0.29, 0.717) is 5.69 Å². The minimum absolute atomic E-state index is 0.0786. The number of anilines is 1. The molecule has 1 aromatic carbocycles. The lowest BCUT2D eigenvalue weighted by molar-refractivity contribution is -0.137. The van der Waals surface area contributed by atoms with Gasteiger partial charge in [-0.15, -0.1) is 0 Å². The molecule has 1 aliphatic carbocycles. The minimum Gasteiger partial charge on any atom is -0.382 e. The van der Waals surface area contributed by atoms with Crippen molar-refractivity contribution in [3.05, 3.63) is 28.8 Å². The first kappa shape index (κ1) is 13.5. The molecule has 0 atom stereocenters. The highest BCUT2D eigenvalue weighted by molar-refractivity contribution is 6.30. The number of halogens is 4. The molecule has 0 amide bonds. The Hall–Kier alpha value is -0.940. The van der Waals surface area contributed by atoms with Gasteiger partial charge in [-0.1, -0.05) is 11.6 Å². The average molecular weight is 280 g/mol. The van der Waals surface area contributed by atoms with Crippen LogP contribution in [0.1, 0.15) is 18.4 Å². The monoisotopic (exact) mass is 279 g/mol. The number of rotatable bonds is 3. The van der Waals surface area contributed by atoms with Crippen LogP contribution in [0.3, 0.4) is 0 Å². The zero-order chi connectivity index (χ0) is 13.3. The molecule has 0 unspecified atom stereocenters. The van der Waals surface area contributed by atoms with Crippen molar-refractivity contribution in [1.29, 1.82) is 0 Å². The Morgan fingerprint density at radius 2 is 1.94 bits per heavy atom. The molecule has 1 N–H and O–H groups in total. The Balaban J connectivity index is 2.07. The Labute approximate surface area is 108 Å². The van der Waals surface area contributed by atoms with Gasteiger partial charge < -0.3 is 10.1 Å². The van der Waals surface area contributed by atoms with E-state index in [2.05, 4.69) is 5.32 Å². The van der Waals surface area contributed by atoms with Crippen molar-refractivity contribution < 1.29 is 17.9 Å². The Morgan fingerprint density at radius 3 is 2.50 bits per heavy atom. The van der Waals surface area contributed by atoms with Crippen LogP contribution in [-0.2, 0) is 10.9 Å². The number of alkyl halides is 3. The van der Waals surface area contributed by atoms with E-state index in [1.807, 2.05) is 0 Å². The molecule has 2 nitrogen and oxygen atoms in total. The zero-order valence-corrected chi connectivity index (χ0v) is 10.5. The van der Waals surface area contributed by atoms with Crippen LogP contribution in [0.5, 0.6) is 0 Å². The van der Waals surface area contributed by atoms with Crippen molar-refractivity contribution in [3.8, 4) is 0 Å². The smallest absolute Gasteiger partial charge is 0.382 e. The van der Waals surface area contributed by atoms with Gasteiger partial charge in [-0.05, 0) is 31.0 Å². The molecule has 1 saturated carbocycles. The van der Waals surface area contributed by atoms with Crippen molar-refractivity contribution in [2.75, 3.05) is 12.4 Å². The summed E-state index contributed by atoms with van der Waals surface area (Å²) < 4.78 is 42.9. The quantitative estimate of drug-likeness (QED) is 0.905. The standard InChI is InChI=1S/C12H13ClF3NO/c1-18-11-5-10(6-11)17-9-3-7(12(14,15)16)2-8(13)4-9/h2-4,10-11,17H,5-6H2,1H3. The molecule has 1 aromatic rings. The van der Waals surface area contributed by atoms with Crippen LogP contribution in [0.15, 0.2) is 18.2 Å². The Morgan fingerprint density at radius 1 is 1.28 bits per heavy atom. The van der Waals surface area contributed by atoms with E-state index >= 15 is 0 Å². The third-order valence-electron chi connectivity index (χ3n) is 3.02. The topological polar surface area (TPSA) is 21.3 Å². The van der Waals surface area contributed by atoms with Crippen LogP contribution in [0.2, 0.25) is 5.02 Å². The summed E-state index contributed by atoms with van der Waals surface area (Å²) in [5.74, 6) is 0. The molecule has 1 fully saturated rings. The van der Waals surface area contributed by atoms with E-state index in [1.165, 1.54) is 6.07 Å². The number of hydrogen-bond donors (Lipinski definition) is 1. The van der Waals surface area contributed by atoms with Gasteiger partial charge in [0.15, 0.2) is 0 Å². The molecular weight excluding hydrogens is 267 g/mol. The van der Waals surface area contributed by atoms with Gasteiger partial charge in [0, 0.05) is 23.9 Å². The SMILES string of the molecule is COC1CC(Nc2cc(Cl)cc(C(F)(F)F)c2)C1. The summed E-state index contributed by atoms with van der Waals surface area (Å²) in [4.78, 5) is 0. The molecule has 18 heavy (non-hydrogen) atoms. The van der Waals surface area contributed by atoms with Crippen molar-refractivity contribution in [2.45, 2.75) is 31.2 Å². The summed E-state index contributed by atoms with van der Waals surface area (Å²) >= 11 is 5.69. The maximum atomic E-state index is 12.6. The van der Waals surface area contributed by atoms with E-state index in [1.54, 1.807) is 7.11 Å². The lowest BCUT2D eigenvalue weighted by Gasteiger charge is -2.35. The average Bonchev–Trinajstić information content (AvgIpc) is 2.20. The molecule has 100 valence electrons. The number of ether oxygens (including phenoxy) is 1. The molecule has 2 rings (SSSR count). The Bertz CT molecular complexity index is 430. The second-order valence-corrected chi connectivity index (χ2v) is 4.83. The first-order valence-corrected chi connectivity index (χ1v) is 5.93. The maximum Gasteiger partial charge on any atom is 0.416 e. The summed E-state index contributed by atoms with van der Waals surface area (Å²) in [6, 6.07) is 3.64. The van der Waals surface area contributed by atoms with Crippen molar-refractivity contribution >= 4 is 17.3 Å². The fourth-order valence-corrected chi connectivity index (χ4v) is 2.18. The fourth-order valence-electron chi connectivity index (χ4n) is 1.95. The van der Waals surface area contributed by atoms with Gasteiger partial charge in [0.1, 0.15) is 0 Å². The molecule has 0 bridgehead atoms. The van der Waals surface area contributed by atoms with Crippen molar-refractivity contribution in [2.24, 2.45) is 0 Å². The van der Waals surface area contributed by atoms with E-state index in [-0.39, 0.29) is 17.2 Å². The number of benzene rings is 1. The van der Waals surface area contributed by atoms with Crippen LogP contribution < -0.4 is 5.32 Å². The third-order valence-corrected chi connectivity index (χ3v) is 3.24. The maximum absolute atomic E-state index is 12.6. The van der Waals surface area contributed by atoms with Crippen molar-refractivity contribution in [3.63, 3.8) is 0 Å². The van der Waals surface area contributed by atoms with Crippen LogP contribution >= 0.6 is 11.6 Å². The van der Waals surface area contributed by atoms with Crippen molar-refractivity contribution in [1.82, 2.24) is 0 Å². The minimum atomic E-state index is -4.38. The molecular formula is C12H13ClF3NO. The highest BCUT2D eigenvalue weighted by Gasteiger charge is 2.32. The predicted molar refractivity (Wildman–Crippen MR) is 63.9 cm³/mol. The first-order chi connectivity index (χ1) is 8.38. The van der Waals surface area contributed by atoms with Gasteiger partial charge in [-0.3, -0.25) is 0 Å².